The second-order valence-corrected chi connectivity index (χ2v) is 11.6. The minimum Gasteiger partial charge on any atom is -0.507 e. The molecule has 6 nitrogen and oxygen atoms in total. The molecule has 220 valence electrons. The number of nitrogens with one attached hydrogen (secondary N) is 1. The summed E-state index contributed by atoms with van der Waals surface area (Å²) in [5.74, 6) is 0.653. The van der Waals surface area contributed by atoms with E-state index >= 15 is 0 Å². The maximum atomic E-state index is 14.4. The van der Waals surface area contributed by atoms with Crippen molar-refractivity contribution >= 4 is 29.3 Å². The van der Waals surface area contributed by atoms with Crippen LogP contribution in [0.15, 0.2) is 108 Å². The zero-order chi connectivity index (χ0) is 30.0. The zero-order valence-electron chi connectivity index (χ0n) is 23.5. The van der Waals surface area contributed by atoms with Crippen LogP contribution in [0.2, 0.25) is 5.02 Å². The molecule has 0 aliphatic rings. The number of unbranched alkanes of at least 4 members (excludes halogenated alkanes) is 1. The van der Waals surface area contributed by atoms with Crippen LogP contribution in [0.4, 0.5) is 4.39 Å². The van der Waals surface area contributed by atoms with Gasteiger partial charge in [0.25, 0.3) is 5.91 Å². The van der Waals surface area contributed by atoms with Gasteiger partial charge in [-0.3, -0.25) is 9.36 Å². The number of benzene rings is 4. The molecule has 1 atom stereocenters. The molecule has 43 heavy (non-hydrogen) atoms. The van der Waals surface area contributed by atoms with Crippen LogP contribution in [0.25, 0.3) is 5.69 Å². The smallest absolute Gasteiger partial charge is 0.255 e. The number of aromatic hydroxyl groups is 1. The van der Waals surface area contributed by atoms with E-state index in [1.165, 1.54) is 29.5 Å². The molecule has 0 saturated heterocycles. The molecule has 5 rings (SSSR count). The number of para-hydroxylation sites is 1. The third-order valence-corrected chi connectivity index (χ3v) is 8.36. The monoisotopic (exact) mass is 614 g/mol. The first-order chi connectivity index (χ1) is 21.0. The molecule has 0 fully saturated rings. The molecular weight excluding hydrogens is 583 g/mol. The highest BCUT2D eigenvalue weighted by Crippen LogP contribution is 2.33. The summed E-state index contributed by atoms with van der Waals surface area (Å²) in [6, 6.07) is 31.1. The van der Waals surface area contributed by atoms with Crippen LogP contribution < -0.4 is 5.32 Å². The standard InChI is InChI=1S/C34H32ClFN4O2S/c35-27-15-10-16-28(22-27)40-32(38-39-34(40)43-23-26-14-4-6-18-30(26)36)25(21-24-11-2-1-3-12-24)13-8-9-20-37-33(42)29-17-5-7-19-31(29)41/h1-7,10-12,14-19,22,25,41H,8-9,13,20-21,23H2,(H,37,42). The Morgan fingerprint density at radius 1 is 0.930 bits per heavy atom. The lowest BCUT2D eigenvalue weighted by Gasteiger charge is -2.19. The molecule has 1 amide bonds. The van der Waals surface area contributed by atoms with E-state index in [0.29, 0.717) is 28.0 Å². The van der Waals surface area contributed by atoms with E-state index in [2.05, 4.69) is 27.6 Å². The molecule has 0 radical (unpaired) electrons. The number of aromatic nitrogens is 3. The number of carbonyl (C=O) groups is 1. The Labute approximate surface area is 260 Å². The van der Waals surface area contributed by atoms with E-state index in [9.17, 15) is 14.3 Å². The number of hydrogen-bond acceptors (Lipinski definition) is 5. The number of thioether (sulfide) groups is 1. The molecule has 5 aromatic rings. The van der Waals surface area contributed by atoms with E-state index in [1.54, 1.807) is 30.3 Å². The highest BCUT2D eigenvalue weighted by molar-refractivity contribution is 7.98. The summed E-state index contributed by atoms with van der Waals surface area (Å²) in [5, 5.41) is 23.4. The van der Waals surface area contributed by atoms with Crippen molar-refractivity contribution in [1.82, 2.24) is 20.1 Å². The van der Waals surface area contributed by atoms with Crippen molar-refractivity contribution in [3.63, 3.8) is 0 Å². The molecule has 0 aliphatic heterocycles. The summed E-state index contributed by atoms with van der Waals surface area (Å²) in [5.41, 5.74) is 2.89. The Bertz CT molecular complexity index is 1660. The number of phenols is 1. The van der Waals surface area contributed by atoms with Crippen LogP contribution in [0.1, 0.15) is 52.5 Å². The quantitative estimate of drug-likeness (QED) is 0.104. The van der Waals surface area contributed by atoms with Crippen LogP contribution in [-0.4, -0.2) is 32.3 Å². The number of amides is 1. The predicted octanol–water partition coefficient (Wildman–Crippen LogP) is 7.98. The summed E-state index contributed by atoms with van der Waals surface area (Å²) in [4.78, 5) is 12.5. The average molecular weight is 615 g/mol. The van der Waals surface area contributed by atoms with Gasteiger partial charge in [-0.15, -0.1) is 10.2 Å². The predicted molar refractivity (Wildman–Crippen MR) is 170 cm³/mol. The van der Waals surface area contributed by atoms with Gasteiger partial charge in [-0.05, 0) is 66.8 Å². The van der Waals surface area contributed by atoms with Gasteiger partial charge in [0.1, 0.15) is 17.4 Å². The van der Waals surface area contributed by atoms with Crippen molar-refractivity contribution in [2.24, 2.45) is 0 Å². The number of halogens is 2. The number of nitrogens with zero attached hydrogens (tertiary/aromatic N) is 3. The number of phenolic OH excluding ortho intramolecular Hbond substituents is 1. The van der Waals surface area contributed by atoms with Gasteiger partial charge in [0.05, 0.1) is 11.3 Å². The Kier molecular flexibility index (Phi) is 10.5. The lowest BCUT2D eigenvalue weighted by Crippen LogP contribution is -2.24. The summed E-state index contributed by atoms with van der Waals surface area (Å²) >= 11 is 7.84. The van der Waals surface area contributed by atoms with Crippen molar-refractivity contribution in [3.05, 3.63) is 136 Å². The summed E-state index contributed by atoms with van der Waals surface area (Å²) in [7, 11) is 0. The van der Waals surface area contributed by atoms with E-state index < -0.39 is 0 Å². The second kappa shape index (κ2) is 14.8. The van der Waals surface area contributed by atoms with Crippen LogP contribution in [0, 0.1) is 5.82 Å². The Morgan fingerprint density at radius 2 is 1.70 bits per heavy atom. The van der Waals surface area contributed by atoms with E-state index in [-0.39, 0.29) is 29.0 Å². The van der Waals surface area contributed by atoms with Gasteiger partial charge >= 0.3 is 0 Å². The third kappa shape index (κ3) is 8.03. The number of carbonyl (C=O) groups excluding carboxylic acids is 1. The largest absolute Gasteiger partial charge is 0.507 e. The van der Waals surface area contributed by atoms with E-state index in [1.807, 2.05) is 53.1 Å². The Hall–Kier alpha value is -4.14. The molecule has 4 aromatic carbocycles. The van der Waals surface area contributed by atoms with Crippen molar-refractivity contribution in [1.29, 1.82) is 0 Å². The van der Waals surface area contributed by atoms with E-state index in [4.69, 9.17) is 11.6 Å². The van der Waals surface area contributed by atoms with Crippen molar-refractivity contribution in [3.8, 4) is 11.4 Å². The Balaban J connectivity index is 1.36. The average Bonchev–Trinajstić information content (AvgIpc) is 3.44. The van der Waals surface area contributed by atoms with Gasteiger partial charge in [0.2, 0.25) is 0 Å². The number of rotatable bonds is 13. The van der Waals surface area contributed by atoms with Crippen LogP contribution in [0.5, 0.6) is 5.75 Å². The van der Waals surface area contributed by atoms with Gasteiger partial charge in [0.15, 0.2) is 5.16 Å². The van der Waals surface area contributed by atoms with Gasteiger partial charge in [-0.2, -0.15) is 0 Å². The maximum Gasteiger partial charge on any atom is 0.255 e. The zero-order valence-corrected chi connectivity index (χ0v) is 25.1. The highest BCUT2D eigenvalue weighted by atomic mass is 35.5. The molecule has 0 bridgehead atoms. The fourth-order valence-corrected chi connectivity index (χ4v) is 6.08. The molecule has 0 aliphatic carbocycles. The minimum absolute atomic E-state index is 0.0190. The maximum absolute atomic E-state index is 14.4. The van der Waals surface area contributed by atoms with Crippen LogP contribution >= 0.6 is 23.4 Å². The first-order valence-corrected chi connectivity index (χ1v) is 15.5. The second-order valence-electron chi connectivity index (χ2n) is 10.2. The topological polar surface area (TPSA) is 80.0 Å². The molecule has 2 N–H and O–H groups in total. The molecule has 0 saturated carbocycles. The van der Waals surface area contributed by atoms with Gasteiger partial charge in [-0.1, -0.05) is 96.5 Å². The number of hydrogen-bond donors (Lipinski definition) is 2. The highest BCUT2D eigenvalue weighted by Gasteiger charge is 2.24. The molecular formula is C34H32ClFN4O2S. The summed E-state index contributed by atoms with van der Waals surface area (Å²) in [6.07, 6.45) is 3.14. The van der Waals surface area contributed by atoms with Crippen molar-refractivity contribution < 1.29 is 14.3 Å². The summed E-state index contributed by atoms with van der Waals surface area (Å²) in [6.45, 7) is 0.482. The van der Waals surface area contributed by atoms with Crippen LogP contribution in [0.3, 0.4) is 0 Å². The third-order valence-electron chi connectivity index (χ3n) is 7.14. The molecule has 9 heteroatoms. The molecule has 0 spiro atoms. The van der Waals surface area contributed by atoms with Crippen LogP contribution in [-0.2, 0) is 12.2 Å². The normalized spacial score (nSPS) is 11.8. The van der Waals surface area contributed by atoms with Crippen molar-refractivity contribution in [2.75, 3.05) is 6.54 Å². The van der Waals surface area contributed by atoms with E-state index in [0.717, 1.165) is 37.2 Å². The van der Waals surface area contributed by atoms with Gasteiger partial charge in [-0.25, -0.2) is 4.39 Å². The Morgan fingerprint density at radius 3 is 2.49 bits per heavy atom. The minimum atomic E-state index is -0.295. The SMILES string of the molecule is O=C(NCCCCC(Cc1ccccc1)c1nnc(SCc2ccccc2F)n1-c1cccc(Cl)c1)c1ccccc1O. The summed E-state index contributed by atoms with van der Waals surface area (Å²) < 4.78 is 16.4. The first-order valence-electron chi connectivity index (χ1n) is 14.2. The van der Waals surface area contributed by atoms with Gasteiger partial charge < -0.3 is 10.4 Å². The fraction of sp³-hybridized carbons (Fsp3) is 0.206. The van der Waals surface area contributed by atoms with Crippen molar-refractivity contribution in [2.45, 2.75) is 42.5 Å². The lowest BCUT2D eigenvalue weighted by atomic mass is 9.93. The molecule has 1 unspecified atom stereocenters. The first kappa shape index (κ1) is 30.3. The molecule has 1 aromatic heterocycles. The van der Waals surface area contributed by atoms with Gasteiger partial charge in [0, 0.05) is 23.2 Å². The lowest BCUT2D eigenvalue weighted by molar-refractivity contribution is 0.0950. The molecule has 1 heterocycles. The fourth-order valence-electron chi connectivity index (χ4n) is 4.95.